The molecule has 2 aromatic heterocycles. The summed E-state index contributed by atoms with van der Waals surface area (Å²) in [6.45, 7) is 0. The van der Waals surface area contributed by atoms with Gasteiger partial charge in [0.1, 0.15) is 0 Å². The Kier molecular flexibility index (Phi) is 4.34. The molecule has 0 aliphatic heterocycles. The first-order chi connectivity index (χ1) is 9.85. The molecule has 2 heterocycles. The highest BCUT2D eigenvalue weighted by molar-refractivity contribution is 8.02. The molecule has 5 nitrogen and oxygen atoms in total. The Hall–Kier alpha value is -1.38. The van der Waals surface area contributed by atoms with Crippen LogP contribution in [0.4, 0.5) is 0 Å². The van der Waals surface area contributed by atoms with E-state index >= 15 is 0 Å². The number of hydrogen-bond acceptors (Lipinski definition) is 8. The highest BCUT2D eigenvalue weighted by Crippen LogP contribution is 2.29. The van der Waals surface area contributed by atoms with Crippen LogP contribution in [0.2, 0.25) is 0 Å². The van der Waals surface area contributed by atoms with Crippen LogP contribution in [0.15, 0.2) is 43.4 Å². The standard InChI is InChI=1S/C12H10N4OS3/c1-18-11-15-16-12(20-11)19-7-9-13-14-10(17-9)8-5-3-2-4-6-8/h2-6H,7H2,1H3. The lowest BCUT2D eigenvalue weighted by atomic mass is 10.2. The number of hydrogen-bond donors (Lipinski definition) is 0. The zero-order valence-corrected chi connectivity index (χ0v) is 13.0. The summed E-state index contributed by atoms with van der Waals surface area (Å²) >= 11 is 4.72. The normalized spacial score (nSPS) is 10.8. The van der Waals surface area contributed by atoms with Gasteiger partial charge in [0.15, 0.2) is 8.68 Å². The summed E-state index contributed by atoms with van der Waals surface area (Å²) in [5.74, 6) is 1.74. The molecule has 0 atom stereocenters. The second-order valence-corrected chi connectivity index (χ2v) is 6.95. The monoisotopic (exact) mass is 322 g/mol. The van der Waals surface area contributed by atoms with Crippen molar-refractivity contribution in [2.75, 3.05) is 6.26 Å². The van der Waals surface area contributed by atoms with Gasteiger partial charge in [-0.2, -0.15) is 0 Å². The summed E-state index contributed by atoms with van der Waals surface area (Å²) < 4.78 is 7.50. The maximum atomic E-state index is 5.63. The second kappa shape index (κ2) is 6.38. The molecule has 0 spiro atoms. The minimum absolute atomic E-state index is 0.545. The van der Waals surface area contributed by atoms with Gasteiger partial charge in [0.2, 0.25) is 11.8 Å². The van der Waals surface area contributed by atoms with Crippen molar-refractivity contribution in [3.63, 3.8) is 0 Å². The fraction of sp³-hybridized carbons (Fsp3) is 0.167. The van der Waals surface area contributed by atoms with E-state index in [0.29, 0.717) is 17.5 Å². The van der Waals surface area contributed by atoms with Gasteiger partial charge in [0.25, 0.3) is 0 Å². The topological polar surface area (TPSA) is 64.7 Å². The minimum atomic E-state index is 0.545. The number of rotatable bonds is 5. The van der Waals surface area contributed by atoms with Crippen LogP contribution in [0.1, 0.15) is 5.89 Å². The third-order valence-electron chi connectivity index (χ3n) is 2.37. The van der Waals surface area contributed by atoms with E-state index in [0.717, 1.165) is 14.2 Å². The molecule has 0 amide bonds. The van der Waals surface area contributed by atoms with Gasteiger partial charge in [-0.1, -0.05) is 53.1 Å². The number of aromatic nitrogens is 4. The maximum Gasteiger partial charge on any atom is 0.247 e. The van der Waals surface area contributed by atoms with Gasteiger partial charge >= 0.3 is 0 Å². The fourth-order valence-electron chi connectivity index (χ4n) is 1.47. The van der Waals surface area contributed by atoms with E-state index in [1.165, 1.54) is 0 Å². The third kappa shape index (κ3) is 3.20. The minimum Gasteiger partial charge on any atom is -0.420 e. The highest BCUT2D eigenvalue weighted by atomic mass is 32.2. The second-order valence-electron chi connectivity index (χ2n) is 3.69. The van der Waals surface area contributed by atoms with Crippen molar-refractivity contribution in [3.8, 4) is 11.5 Å². The van der Waals surface area contributed by atoms with Gasteiger partial charge in [0.05, 0.1) is 5.75 Å². The Labute approximate surface area is 128 Å². The lowest BCUT2D eigenvalue weighted by Gasteiger charge is -1.92. The summed E-state index contributed by atoms with van der Waals surface area (Å²) in [5, 5.41) is 16.2. The molecule has 0 fully saturated rings. The van der Waals surface area contributed by atoms with Gasteiger partial charge < -0.3 is 4.42 Å². The maximum absolute atomic E-state index is 5.63. The van der Waals surface area contributed by atoms with Gasteiger partial charge in [-0.15, -0.1) is 20.4 Å². The first-order valence-corrected chi connectivity index (χ1v) is 8.76. The van der Waals surface area contributed by atoms with E-state index in [1.54, 1.807) is 34.9 Å². The summed E-state index contributed by atoms with van der Waals surface area (Å²) in [6.07, 6.45) is 1.99. The highest BCUT2D eigenvalue weighted by Gasteiger charge is 2.10. The molecule has 8 heteroatoms. The van der Waals surface area contributed by atoms with Crippen molar-refractivity contribution < 1.29 is 4.42 Å². The summed E-state index contributed by atoms with van der Waals surface area (Å²) in [5.41, 5.74) is 0.928. The third-order valence-corrected chi connectivity index (χ3v) is 5.39. The van der Waals surface area contributed by atoms with Crippen LogP contribution in [0.5, 0.6) is 0 Å². The summed E-state index contributed by atoms with van der Waals surface area (Å²) in [7, 11) is 0. The van der Waals surface area contributed by atoms with Crippen LogP contribution in [-0.2, 0) is 5.75 Å². The van der Waals surface area contributed by atoms with Gasteiger partial charge in [-0.05, 0) is 18.4 Å². The van der Waals surface area contributed by atoms with Crippen molar-refractivity contribution in [1.82, 2.24) is 20.4 Å². The summed E-state index contributed by atoms with van der Waals surface area (Å²) in [4.78, 5) is 0. The zero-order valence-electron chi connectivity index (χ0n) is 10.5. The van der Waals surface area contributed by atoms with Gasteiger partial charge in [0, 0.05) is 5.56 Å². The lowest BCUT2D eigenvalue weighted by Crippen LogP contribution is -1.80. The van der Waals surface area contributed by atoms with Crippen LogP contribution >= 0.6 is 34.9 Å². The molecule has 0 saturated heterocycles. The molecule has 0 radical (unpaired) electrons. The predicted octanol–water partition coefficient (Wildman–Crippen LogP) is 3.60. The molecule has 0 N–H and O–H groups in total. The Morgan fingerprint density at radius 1 is 1.05 bits per heavy atom. The molecule has 3 aromatic rings. The molecule has 0 aliphatic rings. The van der Waals surface area contributed by atoms with Crippen LogP contribution < -0.4 is 0 Å². The molecule has 1 aromatic carbocycles. The van der Waals surface area contributed by atoms with Crippen molar-refractivity contribution >= 4 is 34.9 Å². The molecule has 20 heavy (non-hydrogen) atoms. The summed E-state index contributed by atoms with van der Waals surface area (Å²) in [6, 6.07) is 9.73. The van der Waals surface area contributed by atoms with E-state index in [4.69, 9.17) is 4.42 Å². The molecular weight excluding hydrogens is 312 g/mol. The number of thioether (sulfide) groups is 2. The van der Waals surface area contributed by atoms with E-state index in [2.05, 4.69) is 20.4 Å². The molecule has 0 bridgehead atoms. The molecule has 0 aliphatic carbocycles. The van der Waals surface area contributed by atoms with Crippen molar-refractivity contribution in [2.24, 2.45) is 0 Å². The Morgan fingerprint density at radius 3 is 2.60 bits per heavy atom. The molecule has 3 rings (SSSR count). The predicted molar refractivity (Wildman–Crippen MR) is 81.0 cm³/mol. The largest absolute Gasteiger partial charge is 0.420 e. The Morgan fingerprint density at radius 2 is 1.85 bits per heavy atom. The molecular formula is C12H10N4OS3. The fourth-order valence-corrected chi connectivity index (χ4v) is 3.75. The molecule has 0 unspecified atom stereocenters. The van der Waals surface area contributed by atoms with E-state index in [9.17, 15) is 0 Å². The van der Waals surface area contributed by atoms with Crippen LogP contribution in [-0.4, -0.2) is 26.7 Å². The van der Waals surface area contributed by atoms with Gasteiger partial charge in [-0.25, -0.2) is 0 Å². The van der Waals surface area contributed by atoms with Crippen LogP contribution in [0.3, 0.4) is 0 Å². The van der Waals surface area contributed by atoms with Crippen molar-refractivity contribution in [2.45, 2.75) is 14.4 Å². The Bertz CT molecular complexity index is 683. The first-order valence-electron chi connectivity index (χ1n) is 5.73. The molecule has 0 saturated carbocycles. The number of nitrogens with zero attached hydrogens (tertiary/aromatic N) is 4. The zero-order chi connectivity index (χ0) is 13.8. The van der Waals surface area contributed by atoms with Crippen LogP contribution in [0.25, 0.3) is 11.5 Å². The quantitative estimate of drug-likeness (QED) is 0.665. The Balaban J connectivity index is 1.65. The number of benzene rings is 1. The van der Waals surface area contributed by atoms with E-state index in [-0.39, 0.29) is 0 Å². The van der Waals surface area contributed by atoms with E-state index < -0.39 is 0 Å². The van der Waals surface area contributed by atoms with Crippen molar-refractivity contribution in [3.05, 3.63) is 36.2 Å². The average molecular weight is 322 g/mol. The lowest BCUT2D eigenvalue weighted by molar-refractivity contribution is 0.528. The van der Waals surface area contributed by atoms with Crippen LogP contribution in [0, 0.1) is 0 Å². The van der Waals surface area contributed by atoms with Gasteiger partial charge in [-0.3, -0.25) is 0 Å². The first kappa shape index (κ1) is 13.6. The van der Waals surface area contributed by atoms with E-state index in [1.807, 2.05) is 36.6 Å². The van der Waals surface area contributed by atoms with Crippen molar-refractivity contribution in [1.29, 1.82) is 0 Å². The SMILES string of the molecule is CSc1nnc(SCc2nnc(-c3ccccc3)o2)s1. The average Bonchev–Trinajstić information content (AvgIpc) is 3.15. The molecule has 102 valence electrons. The smallest absolute Gasteiger partial charge is 0.247 e.